The summed E-state index contributed by atoms with van der Waals surface area (Å²) in [6.07, 6.45) is 0. The van der Waals surface area contributed by atoms with Crippen LogP contribution in [0.3, 0.4) is 0 Å². The number of nitrogens with zero attached hydrogens (tertiary/aromatic N) is 1. The predicted molar refractivity (Wildman–Crippen MR) is 192 cm³/mol. The Morgan fingerprint density at radius 1 is 0.422 bits per heavy atom. The lowest BCUT2D eigenvalue weighted by atomic mass is 10.0. The molecule has 45 heavy (non-hydrogen) atoms. The SMILES string of the molecule is c1ccc(-c2cccc(N(c3cccc4c3oc3c(-c5ccccc5)cccc34)c3cccc4c3sc3ccccc34)c2)cc1. The number of hydrogen-bond donors (Lipinski definition) is 0. The zero-order chi connectivity index (χ0) is 29.7. The van der Waals surface area contributed by atoms with Gasteiger partial charge >= 0.3 is 0 Å². The molecule has 2 nitrogen and oxygen atoms in total. The van der Waals surface area contributed by atoms with Crippen LogP contribution in [0.15, 0.2) is 168 Å². The van der Waals surface area contributed by atoms with Crippen LogP contribution in [0.2, 0.25) is 0 Å². The summed E-state index contributed by atoms with van der Waals surface area (Å²) in [5, 5.41) is 4.77. The Kier molecular flexibility index (Phi) is 6.03. The van der Waals surface area contributed by atoms with E-state index < -0.39 is 0 Å². The Morgan fingerprint density at radius 3 is 1.84 bits per heavy atom. The van der Waals surface area contributed by atoms with E-state index in [0.29, 0.717) is 0 Å². The van der Waals surface area contributed by atoms with Crippen LogP contribution in [0.25, 0.3) is 64.4 Å². The van der Waals surface area contributed by atoms with Gasteiger partial charge in [0.05, 0.1) is 16.1 Å². The first kappa shape index (κ1) is 25.8. The van der Waals surface area contributed by atoms with E-state index in [9.17, 15) is 0 Å². The van der Waals surface area contributed by atoms with E-state index in [1.807, 2.05) is 11.3 Å². The predicted octanol–water partition coefficient (Wildman–Crippen LogP) is 12.8. The van der Waals surface area contributed by atoms with E-state index in [4.69, 9.17) is 4.42 Å². The number of hydrogen-bond acceptors (Lipinski definition) is 3. The molecule has 0 saturated carbocycles. The summed E-state index contributed by atoms with van der Waals surface area (Å²) in [5.74, 6) is 0. The van der Waals surface area contributed by atoms with Gasteiger partial charge < -0.3 is 9.32 Å². The number of thiophene rings is 1. The van der Waals surface area contributed by atoms with Gasteiger partial charge in [-0.05, 0) is 47.0 Å². The lowest BCUT2D eigenvalue weighted by Crippen LogP contribution is -2.10. The van der Waals surface area contributed by atoms with Gasteiger partial charge in [-0.3, -0.25) is 0 Å². The molecule has 0 aliphatic rings. The molecule has 0 N–H and O–H groups in total. The zero-order valence-electron chi connectivity index (χ0n) is 24.4. The smallest absolute Gasteiger partial charge is 0.159 e. The van der Waals surface area contributed by atoms with E-state index >= 15 is 0 Å². The third-order valence-corrected chi connectivity index (χ3v) is 9.87. The van der Waals surface area contributed by atoms with Gasteiger partial charge in [-0.1, -0.05) is 133 Å². The fraction of sp³-hybridized carbons (Fsp3) is 0. The summed E-state index contributed by atoms with van der Waals surface area (Å²) >= 11 is 1.84. The van der Waals surface area contributed by atoms with Gasteiger partial charge in [-0.15, -0.1) is 11.3 Å². The Hall–Kier alpha value is -5.64. The maximum Gasteiger partial charge on any atom is 0.159 e. The molecule has 0 atom stereocenters. The quantitative estimate of drug-likeness (QED) is 0.197. The van der Waals surface area contributed by atoms with Crippen molar-refractivity contribution in [3.8, 4) is 22.3 Å². The van der Waals surface area contributed by atoms with Crippen molar-refractivity contribution in [2.24, 2.45) is 0 Å². The summed E-state index contributed by atoms with van der Waals surface area (Å²) in [5.41, 5.74) is 9.61. The maximum atomic E-state index is 6.94. The molecule has 2 heterocycles. The fourth-order valence-electron chi connectivity index (χ4n) is 6.60. The summed E-state index contributed by atoms with van der Waals surface area (Å²) < 4.78 is 9.48. The number of benzene rings is 7. The molecule has 0 spiro atoms. The molecule has 7 aromatic carbocycles. The minimum absolute atomic E-state index is 0.874. The van der Waals surface area contributed by atoms with Gasteiger partial charge in [-0.25, -0.2) is 0 Å². The van der Waals surface area contributed by atoms with Crippen molar-refractivity contribution in [2.45, 2.75) is 0 Å². The van der Waals surface area contributed by atoms with Crippen LogP contribution in [0.1, 0.15) is 0 Å². The van der Waals surface area contributed by atoms with E-state index in [0.717, 1.165) is 50.1 Å². The average molecular weight is 594 g/mol. The fourth-order valence-corrected chi connectivity index (χ4v) is 7.80. The molecule has 0 radical (unpaired) electrons. The standard InChI is InChI=1S/C42H27NOS/c1-3-13-28(14-4-1)30-17-9-18-31(27-30)43(38-25-12-23-36-33-19-7-8-26-39(33)45-42(36)38)37-24-11-22-35-34-21-10-20-32(40(34)44-41(35)37)29-15-5-2-6-16-29/h1-27H. The molecule has 9 aromatic rings. The summed E-state index contributed by atoms with van der Waals surface area (Å²) in [7, 11) is 0. The second-order valence-electron chi connectivity index (χ2n) is 11.3. The van der Waals surface area contributed by atoms with Crippen molar-refractivity contribution in [2.75, 3.05) is 4.90 Å². The number of anilines is 3. The Balaban J connectivity index is 1.34. The monoisotopic (exact) mass is 593 g/mol. The Labute approximate surface area is 265 Å². The molecule has 9 rings (SSSR count). The van der Waals surface area contributed by atoms with Crippen molar-refractivity contribution >= 4 is 70.5 Å². The van der Waals surface area contributed by atoms with Gasteiger partial charge in [0.25, 0.3) is 0 Å². The van der Waals surface area contributed by atoms with Crippen molar-refractivity contribution < 1.29 is 4.42 Å². The second-order valence-corrected chi connectivity index (χ2v) is 12.4. The first-order valence-corrected chi connectivity index (χ1v) is 16.0. The molecular weight excluding hydrogens is 567 g/mol. The summed E-state index contributed by atoms with van der Waals surface area (Å²) in [6, 6.07) is 58.2. The van der Waals surface area contributed by atoms with Crippen LogP contribution in [-0.4, -0.2) is 0 Å². The molecule has 0 amide bonds. The van der Waals surface area contributed by atoms with Crippen LogP contribution in [-0.2, 0) is 0 Å². The topological polar surface area (TPSA) is 16.4 Å². The van der Waals surface area contributed by atoms with Crippen LogP contribution < -0.4 is 4.90 Å². The highest BCUT2D eigenvalue weighted by molar-refractivity contribution is 7.26. The minimum atomic E-state index is 0.874. The van der Waals surface area contributed by atoms with Crippen LogP contribution in [0.4, 0.5) is 17.1 Å². The Morgan fingerprint density at radius 2 is 1.02 bits per heavy atom. The van der Waals surface area contributed by atoms with Crippen molar-refractivity contribution in [3.05, 3.63) is 164 Å². The van der Waals surface area contributed by atoms with Crippen molar-refractivity contribution in [1.29, 1.82) is 0 Å². The van der Waals surface area contributed by atoms with Crippen LogP contribution >= 0.6 is 11.3 Å². The second kappa shape index (κ2) is 10.5. The van der Waals surface area contributed by atoms with Gasteiger partial charge in [0.15, 0.2) is 5.58 Å². The molecule has 0 unspecified atom stereocenters. The highest BCUT2D eigenvalue weighted by Gasteiger charge is 2.23. The number of para-hydroxylation sites is 2. The van der Waals surface area contributed by atoms with Gasteiger partial charge in [-0.2, -0.15) is 0 Å². The largest absolute Gasteiger partial charge is 0.453 e. The first-order chi connectivity index (χ1) is 22.3. The molecule has 0 aliphatic carbocycles. The van der Waals surface area contributed by atoms with Gasteiger partial charge in [0.2, 0.25) is 0 Å². The molecular formula is C42H27NOS. The van der Waals surface area contributed by atoms with Crippen molar-refractivity contribution in [3.63, 3.8) is 0 Å². The lowest BCUT2D eigenvalue weighted by molar-refractivity contribution is 0.670. The van der Waals surface area contributed by atoms with Crippen LogP contribution in [0, 0.1) is 0 Å². The highest BCUT2D eigenvalue weighted by atomic mass is 32.1. The molecule has 3 heteroatoms. The maximum absolute atomic E-state index is 6.94. The molecule has 0 aliphatic heterocycles. The van der Waals surface area contributed by atoms with E-state index in [-0.39, 0.29) is 0 Å². The zero-order valence-corrected chi connectivity index (χ0v) is 25.2. The van der Waals surface area contributed by atoms with Crippen LogP contribution in [0.5, 0.6) is 0 Å². The third kappa shape index (κ3) is 4.24. The normalized spacial score (nSPS) is 11.6. The molecule has 212 valence electrons. The first-order valence-electron chi connectivity index (χ1n) is 15.2. The highest BCUT2D eigenvalue weighted by Crippen LogP contribution is 2.48. The number of rotatable bonds is 5. The molecule has 2 aromatic heterocycles. The molecule has 0 saturated heterocycles. The summed E-state index contributed by atoms with van der Waals surface area (Å²) in [4.78, 5) is 2.39. The van der Waals surface area contributed by atoms with E-state index in [1.54, 1.807) is 0 Å². The number of fused-ring (bicyclic) bond motifs is 6. The molecule has 0 bridgehead atoms. The minimum Gasteiger partial charge on any atom is -0.453 e. The summed E-state index contributed by atoms with van der Waals surface area (Å²) in [6.45, 7) is 0. The third-order valence-electron chi connectivity index (χ3n) is 8.67. The van der Waals surface area contributed by atoms with Gasteiger partial charge in [0.1, 0.15) is 5.58 Å². The molecule has 0 fully saturated rings. The lowest BCUT2D eigenvalue weighted by Gasteiger charge is -2.26. The van der Waals surface area contributed by atoms with Crippen molar-refractivity contribution in [1.82, 2.24) is 0 Å². The Bertz CT molecular complexity index is 2490. The van der Waals surface area contributed by atoms with Gasteiger partial charge in [0, 0.05) is 37.5 Å². The average Bonchev–Trinajstić information content (AvgIpc) is 3.69. The number of furan rings is 1. The van der Waals surface area contributed by atoms with E-state index in [1.165, 1.54) is 31.3 Å². The van der Waals surface area contributed by atoms with E-state index in [2.05, 4.69) is 169 Å².